The summed E-state index contributed by atoms with van der Waals surface area (Å²) in [6, 6.07) is 6.42. The summed E-state index contributed by atoms with van der Waals surface area (Å²) in [6.45, 7) is 2.54. The molecule has 1 aromatic carbocycles. The Bertz CT molecular complexity index is 602. The number of aromatic nitrogens is 1. The molecule has 0 saturated heterocycles. The molecule has 4 nitrogen and oxygen atoms in total. The van der Waals surface area contributed by atoms with E-state index in [1.807, 2.05) is 5.38 Å². The lowest BCUT2D eigenvalue weighted by molar-refractivity contribution is 0.682. The average molecular weight is 261 g/mol. The summed E-state index contributed by atoms with van der Waals surface area (Å²) in [6.07, 6.45) is 1.11. The number of aromatic amines is 1. The third-order valence-electron chi connectivity index (χ3n) is 3.13. The van der Waals surface area contributed by atoms with E-state index in [1.165, 1.54) is 28.2 Å². The molecule has 1 aliphatic rings. The molecule has 0 fully saturated rings. The van der Waals surface area contributed by atoms with Gasteiger partial charge in [0.25, 0.3) is 0 Å². The number of nitrogens with one attached hydrogen (secondary N) is 3. The zero-order valence-electron chi connectivity index (χ0n) is 9.95. The third kappa shape index (κ3) is 2.32. The predicted octanol–water partition coefficient (Wildman–Crippen LogP) is 1.69. The summed E-state index contributed by atoms with van der Waals surface area (Å²) < 4.78 is 0. The molecule has 5 heteroatoms. The molecule has 2 aromatic rings. The van der Waals surface area contributed by atoms with Gasteiger partial charge in [0.15, 0.2) is 0 Å². The Morgan fingerprint density at radius 2 is 2.28 bits per heavy atom. The van der Waals surface area contributed by atoms with Crippen molar-refractivity contribution >= 4 is 17.0 Å². The number of hydrogen-bond donors (Lipinski definition) is 3. The van der Waals surface area contributed by atoms with Crippen LogP contribution in [0.1, 0.15) is 16.8 Å². The van der Waals surface area contributed by atoms with E-state index in [9.17, 15) is 4.79 Å². The fourth-order valence-corrected chi connectivity index (χ4v) is 2.87. The Kier molecular flexibility index (Phi) is 3.17. The van der Waals surface area contributed by atoms with E-state index in [0.29, 0.717) is 6.54 Å². The fraction of sp³-hybridized carbons (Fsp3) is 0.308. The van der Waals surface area contributed by atoms with Crippen LogP contribution in [0, 0.1) is 0 Å². The Balaban J connectivity index is 1.64. The molecule has 0 atom stereocenters. The maximum absolute atomic E-state index is 11.0. The average Bonchev–Trinajstić information content (AvgIpc) is 2.98. The minimum Gasteiger partial charge on any atom is -0.384 e. The van der Waals surface area contributed by atoms with E-state index < -0.39 is 0 Å². The van der Waals surface area contributed by atoms with Gasteiger partial charge in [-0.2, -0.15) is 0 Å². The van der Waals surface area contributed by atoms with Gasteiger partial charge in [0.2, 0.25) is 0 Å². The van der Waals surface area contributed by atoms with Crippen molar-refractivity contribution in [2.45, 2.75) is 19.5 Å². The molecule has 1 aromatic heterocycles. The topological polar surface area (TPSA) is 56.9 Å². The normalized spacial score (nSPS) is 13.3. The Hall–Kier alpha value is -1.59. The number of fused-ring (bicyclic) bond motifs is 1. The van der Waals surface area contributed by atoms with Crippen LogP contribution in [0.4, 0.5) is 5.69 Å². The molecule has 0 amide bonds. The second kappa shape index (κ2) is 4.96. The first-order valence-electron chi connectivity index (χ1n) is 6.05. The maximum atomic E-state index is 11.0. The van der Waals surface area contributed by atoms with Crippen molar-refractivity contribution in [1.82, 2.24) is 10.3 Å². The molecule has 1 aliphatic heterocycles. The van der Waals surface area contributed by atoms with Crippen LogP contribution in [-0.4, -0.2) is 11.5 Å². The SMILES string of the molecule is O=c1[nH]c(CNCc2cccc3c2NCC3)cs1. The van der Waals surface area contributed by atoms with Crippen molar-refractivity contribution in [3.05, 3.63) is 50.1 Å². The van der Waals surface area contributed by atoms with Gasteiger partial charge in [0.1, 0.15) is 0 Å². The molecule has 0 radical (unpaired) electrons. The number of H-pyrrole nitrogens is 1. The first-order chi connectivity index (χ1) is 8.83. The standard InChI is InChI=1S/C13H15N3OS/c17-13-16-11(8-18-13)7-14-6-10-3-1-2-9-4-5-15-12(9)10/h1-3,8,14-15H,4-7H2,(H,16,17). The molecule has 0 spiro atoms. The maximum Gasteiger partial charge on any atom is 0.304 e. The van der Waals surface area contributed by atoms with Gasteiger partial charge in [-0.1, -0.05) is 29.5 Å². The van der Waals surface area contributed by atoms with Crippen molar-refractivity contribution in [2.75, 3.05) is 11.9 Å². The highest BCUT2D eigenvalue weighted by molar-refractivity contribution is 7.07. The minimum atomic E-state index is 0.00840. The summed E-state index contributed by atoms with van der Waals surface area (Å²) in [7, 11) is 0. The van der Waals surface area contributed by atoms with Gasteiger partial charge in [-0.15, -0.1) is 0 Å². The summed E-state index contributed by atoms with van der Waals surface area (Å²) in [5.74, 6) is 0. The zero-order valence-corrected chi connectivity index (χ0v) is 10.8. The van der Waals surface area contributed by atoms with Crippen molar-refractivity contribution in [1.29, 1.82) is 0 Å². The summed E-state index contributed by atoms with van der Waals surface area (Å²) >= 11 is 1.21. The molecular formula is C13H15N3OS. The summed E-state index contributed by atoms with van der Waals surface area (Å²) in [4.78, 5) is 13.8. The number of para-hydroxylation sites is 1. The van der Waals surface area contributed by atoms with Crippen molar-refractivity contribution in [3.8, 4) is 0 Å². The van der Waals surface area contributed by atoms with Crippen molar-refractivity contribution in [2.24, 2.45) is 0 Å². The molecular weight excluding hydrogens is 246 g/mol. The largest absolute Gasteiger partial charge is 0.384 e. The molecule has 0 aliphatic carbocycles. The van der Waals surface area contributed by atoms with Crippen molar-refractivity contribution < 1.29 is 0 Å². The van der Waals surface area contributed by atoms with Crippen LogP contribution >= 0.6 is 11.3 Å². The first-order valence-corrected chi connectivity index (χ1v) is 6.93. The van der Waals surface area contributed by atoms with Gasteiger partial charge in [-0.3, -0.25) is 4.79 Å². The monoisotopic (exact) mass is 261 g/mol. The molecule has 0 saturated carbocycles. The predicted molar refractivity (Wildman–Crippen MR) is 74.1 cm³/mol. The minimum absolute atomic E-state index is 0.00840. The van der Waals surface area contributed by atoms with E-state index in [4.69, 9.17) is 0 Å². The lowest BCUT2D eigenvalue weighted by Gasteiger charge is -2.09. The van der Waals surface area contributed by atoms with E-state index in [0.717, 1.165) is 25.2 Å². The number of rotatable bonds is 4. The summed E-state index contributed by atoms with van der Waals surface area (Å²) in [5.41, 5.74) is 4.93. The van der Waals surface area contributed by atoms with E-state index in [-0.39, 0.29) is 4.87 Å². The molecule has 3 rings (SSSR count). The number of hydrogen-bond acceptors (Lipinski definition) is 4. The molecule has 18 heavy (non-hydrogen) atoms. The Morgan fingerprint density at radius 1 is 1.33 bits per heavy atom. The highest BCUT2D eigenvalue weighted by atomic mass is 32.1. The van der Waals surface area contributed by atoms with Crippen LogP contribution in [0.3, 0.4) is 0 Å². The van der Waals surface area contributed by atoms with Crippen LogP contribution in [0.5, 0.6) is 0 Å². The van der Waals surface area contributed by atoms with E-state index in [2.05, 4.69) is 33.8 Å². The Labute approximate surface area is 109 Å². The summed E-state index contributed by atoms with van der Waals surface area (Å²) in [5, 5.41) is 8.65. The fourth-order valence-electron chi connectivity index (χ4n) is 2.29. The van der Waals surface area contributed by atoms with E-state index in [1.54, 1.807) is 0 Å². The van der Waals surface area contributed by atoms with Crippen LogP contribution in [-0.2, 0) is 19.5 Å². The second-order valence-corrected chi connectivity index (χ2v) is 5.25. The molecule has 0 unspecified atom stereocenters. The smallest absolute Gasteiger partial charge is 0.304 e. The molecule has 2 heterocycles. The third-order valence-corrected chi connectivity index (χ3v) is 3.85. The Morgan fingerprint density at radius 3 is 3.11 bits per heavy atom. The molecule has 94 valence electrons. The second-order valence-electron chi connectivity index (χ2n) is 4.40. The number of benzene rings is 1. The van der Waals surface area contributed by atoms with Gasteiger partial charge < -0.3 is 15.6 Å². The first kappa shape index (κ1) is 11.5. The van der Waals surface area contributed by atoms with Crippen LogP contribution in [0.15, 0.2) is 28.4 Å². The molecule has 3 N–H and O–H groups in total. The van der Waals surface area contributed by atoms with Gasteiger partial charge in [0.05, 0.1) is 0 Å². The van der Waals surface area contributed by atoms with E-state index >= 15 is 0 Å². The van der Waals surface area contributed by atoms with Crippen molar-refractivity contribution in [3.63, 3.8) is 0 Å². The lowest BCUT2D eigenvalue weighted by Crippen LogP contribution is -2.14. The van der Waals surface area contributed by atoms with Crippen LogP contribution in [0.25, 0.3) is 0 Å². The lowest BCUT2D eigenvalue weighted by atomic mass is 10.1. The van der Waals surface area contributed by atoms with Gasteiger partial charge in [-0.25, -0.2) is 0 Å². The van der Waals surface area contributed by atoms with Gasteiger partial charge >= 0.3 is 4.87 Å². The highest BCUT2D eigenvalue weighted by Crippen LogP contribution is 2.26. The van der Waals surface area contributed by atoms with Crippen LogP contribution in [0.2, 0.25) is 0 Å². The number of thiazole rings is 1. The number of anilines is 1. The highest BCUT2D eigenvalue weighted by Gasteiger charge is 2.12. The zero-order chi connectivity index (χ0) is 12.4. The quantitative estimate of drug-likeness (QED) is 0.785. The van der Waals surface area contributed by atoms with Gasteiger partial charge in [0, 0.05) is 36.4 Å². The van der Waals surface area contributed by atoms with Gasteiger partial charge in [-0.05, 0) is 17.5 Å². The molecule has 0 bridgehead atoms. The van der Waals surface area contributed by atoms with Crippen LogP contribution < -0.4 is 15.5 Å².